The summed E-state index contributed by atoms with van der Waals surface area (Å²) in [7, 11) is 0. The number of amidine groups is 1. The molecule has 2 aliphatic carbocycles. The summed E-state index contributed by atoms with van der Waals surface area (Å²) in [6.07, 6.45) is 17.1. The van der Waals surface area contributed by atoms with Gasteiger partial charge in [0, 0.05) is 30.6 Å². The number of amides is 1. The largest absolute Gasteiger partial charge is 0.384 e. The highest BCUT2D eigenvalue weighted by Crippen LogP contribution is 2.36. The zero-order valence-electron chi connectivity index (χ0n) is 19.4. The smallest absolute Gasteiger partial charge is 0.252 e. The van der Waals surface area contributed by atoms with Crippen LogP contribution in [-0.2, 0) is 11.2 Å². The summed E-state index contributed by atoms with van der Waals surface area (Å²) < 4.78 is 9.41. The van der Waals surface area contributed by atoms with Crippen LogP contribution in [0.3, 0.4) is 0 Å². The molecule has 2 aliphatic rings. The number of hydrogen-bond acceptors (Lipinski definition) is 3. The number of hydrogen-bond donors (Lipinski definition) is 2. The molecule has 1 aromatic rings. The Hall–Kier alpha value is -1.59. The highest BCUT2D eigenvalue weighted by molar-refractivity contribution is 6.21. The monoisotopic (exact) mass is 461 g/mol. The number of carbonyl (C=O) groups excluding carboxylic acids is 1. The third-order valence-electron chi connectivity index (χ3n) is 6.98. The lowest BCUT2D eigenvalue weighted by Gasteiger charge is -2.21. The molecule has 0 saturated heterocycles. The van der Waals surface area contributed by atoms with Crippen molar-refractivity contribution in [2.75, 3.05) is 13.2 Å². The first-order chi connectivity index (χ1) is 15.6. The topological polar surface area (TPSA) is 76.7 Å². The molecule has 0 aromatic heterocycles. The van der Waals surface area contributed by atoms with Gasteiger partial charge in [0.2, 0.25) is 0 Å². The van der Waals surface area contributed by atoms with Crippen LogP contribution in [0.5, 0.6) is 0 Å². The first kappa shape index (κ1) is 25.0. The normalized spacial score (nSPS) is 18.5. The van der Waals surface area contributed by atoms with Crippen molar-refractivity contribution in [3.63, 3.8) is 0 Å². The van der Waals surface area contributed by atoms with Crippen LogP contribution in [-0.4, -0.2) is 30.5 Å². The van der Waals surface area contributed by atoms with Crippen molar-refractivity contribution in [1.29, 1.82) is 0 Å². The van der Waals surface area contributed by atoms with Crippen LogP contribution in [0.25, 0.3) is 0 Å². The van der Waals surface area contributed by atoms with Gasteiger partial charge in [-0.2, -0.15) is 4.51 Å². The van der Waals surface area contributed by atoms with Crippen LogP contribution in [0.15, 0.2) is 28.8 Å². The molecular formula is C26H40ClN3O2. The van der Waals surface area contributed by atoms with Crippen molar-refractivity contribution < 1.29 is 9.53 Å². The lowest BCUT2D eigenvalue weighted by atomic mass is 9.90. The van der Waals surface area contributed by atoms with Crippen LogP contribution in [0.4, 0.5) is 0 Å². The van der Waals surface area contributed by atoms with Crippen LogP contribution < -0.4 is 11.1 Å². The minimum atomic E-state index is -0.543. The van der Waals surface area contributed by atoms with Gasteiger partial charge < -0.3 is 15.8 Å². The maximum Gasteiger partial charge on any atom is 0.252 e. The standard InChI is InChI=1S/C26H40ClN3O2/c27-30-25(28)26(17-18-26)29-24(31)23-15-13-21(14-16-23)10-6-3-1-2-4-9-19-32-20-22-11-7-5-8-12-22/h13-16,22H,1-12,17-20H2,(H2,28,30)(H,29,31). The number of benzene rings is 1. The Kier molecular flexibility index (Phi) is 10.3. The minimum Gasteiger partial charge on any atom is -0.384 e. The Morgan fingerprint density at radius 3 is 2.34 bits per heavy atom. The van der Waals surface area contributed by atoms with E-state index in [-0.39, 0.29) is 11.7 Å². The molecule has 0 heterocycles. The number of halogens is 1. The zero-order chi connectivity index (χ0) is 22.7. The maximum atomic E-state index is 12.5. The number of nitrogens with one attached hydrogen (secondary N) is 1. The molecule has 5 nitrogen and oxygen atoms in total. The molecule has 0 spiro atoms. The first-order valence-corrected chi connectivity index (χ1v) is 12.9. The van der Waals surface area contributed by atoms with Gasteiger partial charge in [-0.25, -0.2) is 0 Å². The van der Waals surface area contributed by atoms with E-state index < -0.39 is 5.54 Å². The van der Waals surface area contributed by atoms with Crippen molar-refractivity contribution in [3.8, 4) is 0 Å². The van der Waals surface area contributed by atoms with E-state index in [1.54, 1.807) is 0 Å². The molecule has 2 saturated carbocycles. The van der Waals surface area contributed by atoms with Crippen molar-refractivity contribution in [3.05, 3.63) is 35.4 Å². The summed E-state index contributed by atoms with van der Waals surface area (Å²) in [4.78, 5) is 12.5. The SMILES string of the molecule is N/C(=N\Cl)C1(NC(=O)c2ccc(CCCCCCCCOCC3CCCCC3)cc2)CC1. The maximum absolute atomic E-state index is 12.5. The summed E-state index contributed by atoms with van der Waals surface area (Å²) >= 11 is 5.47. The Balaban J connectivity index is 1.20. The molecule has 3 rings (SSSR count). The average molecular weight is 462 g/mol. The number of nitrogens with two attached hydrogens (primary N) is 1. The van der Waals surface area contributed by atoms with Gasteiger partial charge in [0.15, 0.2) is 0 Å². The fourth-order valence-corrected chi connectivity index (χ4v) is 4.77. The first-order valence-electron chi connectivity index (χ1n) is 12.6. The second-order valence-corrected chi connectivity index (χ2v) is 9.82. The second-order valence-electron chi connectivity index (χ2n) is 9.65. The summed E-state index contributed by atoms with van der Waals surface area (Å²) in [6.45, 7) is 1.92. The van der Waals surface area contributed by atoms with Gasteiger partial charge in [-0.15, -0.1) is 0 Å². The molecule has 0 unspecified atom stereocenters. The van der Waals surface area contributed by atoms with E-state index >= 15 is 0 Å². The number of carbonyl (C=O) groups is 1. The Labute approximate surface area is 198 Å². The van der Waals surface area contributed by atoms with Gasteiger partial charge in [0.25, 0.3) is 5.91 Å². The predicted molar refractivity (Wildman–Crippen MR) is 132 cm³/mol. The highest BCUT2D eigenvalue weighted by atomic mass is 35.5. The van der Waals surface area contributed by atoms with Gasteiger partial charge in [0.05, 0.1) is 5.54 Å². The van der Waals surface area contributed by atoms with Crippen molar-refractivity contribution >= 4 is 23.5 Å². The molecular weight excluding hydrogens is 422 g/mol. The third-order valence-corrected chi connectivity index (χ3v) is 7.16. The number of ether oxygens (including phenoxy) is 1. The van der Waals surface area contributed by atoms with Crippen LogP contribution in [0.2, 0.25) is 0 Å². The van der Waals surface area contributed by atoms with Crippen LogP contribution in [0, 0.1) is 5.92 Å². The number of rotatable bonds is 14. The van der Waals surface area contributed by atoms with Crippen LogP contribution in [0.1, 0.15) is 99.4 Å². The van der Waals surface area contributed by atoms with Gasteiger partial charge in [0.1, 0.15) is 5.84 Å². The highest BCUT2D eigenvalue weighted by Gasteiger charge is 2.48. The third kappa shape index (κ3) is 8.08. The van der Waals surface area contributed by atoms with Gasteiger partial charge >= 0.3 is 0 Å². The van der Waals surface area contributed by atoms with E-state index in [1.165, 1.54) is 76.2 Å². The number of unbranched alkanes of at least 4 members (excludes halogenated alkanes) is 5. The molecule has 1 aromatic carbocycles. The van der Waals surface area contributed by atoms with E-state index in [9.17, 15) is 4.79 Å². The van der Waals surface area contributed by atoms with Crippen molar-refractivity contribution in [1.82, 2.24) is 5.32 Å². The molecule has 6 heteroatoms. The summed E-state index contributed by atoms with van der Waals surface area (Å²) in [5.41, 5.74) is 7.19. The molecule has 0 aliphatic heterocycles. The molecule has 32 heavy (non-hydrogen) atoms. The molecule has 2 fully saturated rings. The Morgan fingerprint density at radius 2 is 1.69 bits per heavy atom. The zero-order valence-corrected chi connectivity index (χ0v) is 20.2. The lowest BCUT2D eigenvalue weighted by Crippen LogP contribution is -2.46. The van der Waals surface area contributed by atoms with Gasteiger partial charge in [-0.1, -0.05) is 57.1 Å². The molecule has 3 N–H and O–H groups in total. The Morgan fingerprint density at radius 1 is 1.03 bits per heavy atom. The number of nitrogens with zero attached hydrogens (tertiary/aromatic N) is 1. The fraction of sp³-hybridized carbons (Fsp3) is 0.692. The van der Waals surface area contributed by atoms with Gasteiger partial charge in [-0.05, 0) is 68.6 Å². The molecule has 0 atom stereocenters. The molecule has 178 valence electrons. The van der Waals surface area contributed by atoms with E-state index in [2.05, 4.69) is 22.0 Å². The minimum absolute atomic E-state index is 0.125. The molecule has 0 bridgehead atoms. The van der Waals surface area contributed by atoms with Gasteiger partial charge in [-0.3, -0.25) is 4.79 Å². The van der Waals surface area contributed by atoms with Crippen LogP contribution >= 0.6 is 11.8 Å². The average Bonchev–Trinajstić information content (AvgIpc) is 3.61. The molecule has 1 amide bonds. The quantitative estimate of drug-likeness (QED) is 0.204. The number of aryl methyl sites for hydroxylation is 1. The second kappa shape index (κ2) is 13.2. The summed E-state index contributed by atoms with van der Waals surface area (Å²) in [6, 6.07) is 7.89. The van der Waals surface area contributed by atoms with E-state index in [0.717, 1.165) is 38.4 Å². The Bertz CT molecular complexity index is 725. The molecule has 0 radical (unpaired) electrons. The summed E-state index contributed by atoms with van der Waals surface area (Å²) in [5, 5.41) is 2.97. The fourth-order valence-electron chi connectivity index (χ4n) is 4.61. The van der Waals surface area contributed by atoms with E-state index in [0.29, 0.717) is 5.56 Å². The van der Waals surface area contributed by atoms with E-state index in [1.807, 2.05) is 12.1 Å². The summed E-state index contributed by atoms with van der Waals surface area (Å²) in [5.74, 6) is 0.988. The lowest BCUT2D eigenvalue weighted by molar-refractivity contribution is 0.0824. The van der Waals surface area contributed by atoms with Crippen molar-refractivity contribution in [2.24, 2.45) is 16.2 Å². The predicted octanol–water partition coefficient (Wildman–Crippen LogP) is 5.94. The van der Waals surface area contributed by atoms with E-state index in [4.69, 9.17) is 22.2 Å². The van der Waals surface area contributed by atoms with Crippen molar-refractivity contribution in [2.45, 2.75) is 95.4 Å².